The lowest BCUT2D eigenvalue weighted by Gasteiger charge is -2.08. The smallest absolute Gasteiger partial charge is 0.224 e. The highest BCUT2D eigenvalue weighted by atomic mass is 35.5. The average Bonchev–Trinajstić information content (AvgIpc) is 2.60. The van der Waals surface area contributed by atoms with Crippen LogP contribution in [-0.2, 0) is 4.79 Å². The Kier molecular flexibility index (Phi) is 7.95. The molecule has 0 spiro atoms. The number of hydrogen-bond acceptors (Lipinski definition) is 3. The van der Waals surface area contributed by atoms with Crippen LogP contribution in [0.5, 0.6) is 5.75 Å². The molecular formula is C20H21Cl2NO3. The first-order valence-corrected chi connectivity index (χ1v) is 9.25. The molecule has 0 aliphatic heterocycles. The van der Waals surface area contributed by atoms with Crippen molar-refractivity contribution in [3.05, 3.63) is 58.1 Å². The standard InChI is InChI=1S/C20H21Cl2NO3/c1-2-3-4-5-20(25)23-17-8-6-14(7-9-17)19(24)13-26-18-11-15(21)10-16(22)12-18/h6-12H,2-5,13H2,1H3,(H,23,25). The van der Waals surface area contributed by atoms with Crippen molar-refractivity contribution >= 4 is 40.6 Å². The van der Waals surface area contributed by atoms with Gasteiger partial charge in [-0.3, -0.25) is 9.59 Å². The Morgan fingerprint density at radius 1 is 1.00 bits per heavy atom. The van der Waals surface area contributed by atoms with E-state index in [9.17, 15) is 9.59 Å². The lowest BCUT2D eigenvalue weighted by Crippen LogP contribution is -2.13. The van der Waals surface area contributed by atoms with Crippen LogP contribution in [0.1, 0.15) is 43.0 Å². The summed E-state index contributed by atoms with van der Waals surface area (Å²) in [5.74, 6) is 0.243. The zero-order valence-corrected chi connectivity index (χ0v) is 16.1. The van der Waals surface area contributed by atoms with Crippen molar-refractivity contribution in [3.63, 3.8) is 0 Å². The molecule has 4 nitrogen and oxygen atoms in total. The van der Waals surface area contributed by atoms with Gasteiger partial charge in [0, 0.05) is 27.7 Å². The average molecular weight is 394 g/mol. The van der Waals surface area contributed by atoms with E-state index < -0.39 is 0 Å². The van der Waals surface area contributed by atoms with Gasteiger partial charge >= 0.3 is 0 Å². The van der Waals surface area contributed by atoms with Crippen molar-refractivity contribution in [1.82, 2.24) is 0 Å². The van der Waals surface area contributed by atoms with Crippen molar-refractivity contribution in [2.45, 2.75) is 32.6 Å². The number of carbonyl (C=O) groups excluding carboxylic acids is 2. The van der Waals surface area contributed by atoms with Crippen molar-refractivity contribution in [2.75, 3.05) is 11.9 Å². The number of unbranched alkanes of at least 4 members (excludes halogenated alkanes) is 2. The minimum absolute atomic E-state index is 0.0151. The highest BCUT2D eigenvalue weighted by Crippen LogP contribution is 2.24. The summed E-state index contributed by atoms with van der Waals surface area (Å²) >= 11 is 11.8. The largest absolute Gasteiger partial charge is 0.485 e. The maximum absolute atomic E-state index is 12.2. The van der Waals surface area contributed by atoms with Crippen LogP contribution in [0, 0.1) is 0 Å². The molecule has 1 amide bonds. The molecule has 0 radical (unpaired) electrons. The van der Waals surface area contributed by atoms with E-state index in [1.807, 2.05) is 0 Å². The summed E-state index contributed by atoms with van der Waals surface area (Å²) in [7, 11) is 0. The molecule has 2 aromatic carbocycles. The van der Waals surface area contributed by atoms with Gasteiger partial charge in [0.25, 0.3) is 0 Å². The van der Waals surface area contributed by atoms with Gasteiger partial charge in [-0.25, -0.2) is 0 Å². The zero-order valence-electron chi connectivity index (χ0n) is 14.6. The Balaban J connectivity index is 1.86. The highest BCUT2D eigenvalue weighted by molar-refractivity contribution is 6.34. The minimum atomic E-state index is -0.179. The van der Waals surface area contributed by atoms with Crippen LogP contribution in [0.25, 0.3) is 0 Å². The number of amides is 1. The molecular weight excluding hydrogens is 373 g/mol. The maximum atomic E-state index is 12.2. The van der Waals surface area contributed by atoms with E-state index in [1.54, 1.807) is 42.5 Å². The van der Waals surface area contributed by atoms with Gasteiger partial charge in [0.1, 0.15) is 5.75 Å². The first-order chi connectivity index (χ1) is 12.5. The third kappa shape index (κ3) is 6.70. The molecule has 2 aromatic rings. The monoisotopic (exact) mass is 393 g/mol. The number of hydrogen-bond donors (Lipinski definition) is 1. The van der Waals surface area contributed by atoms with Gasteiger partial charge in [-0.2, -0.15) is 0 Å². The second-order valence-corrected chi connectivity index (χ2v) is 6.77. The normalized spacial score (nSPS) is 10.4. The molecule has 2 rings (SSSR count). The van der Waals surface area contributed by atoms with Gasteiger partial charge in [-0.05, 0) is 48.9 Å². The van der Waals surface area contributed by atoms with Crippen LogP contribution < -0.4 is 10.1 Å². The Bertz CT molecular complexity index is 740. The minimum Gasteiger partial charge on any atom is -0.485 e. The van der Waals surface area contributed by atoms with Crippen LogP contribution in [-0.4, -0.2) is 18.3 Å². The second-order valence-electron chi connectivity index (χ2n) is 5.90. The highest BCUT2D eigenvalue weighted by Gasteiger charge is 2.09. The predicted octanol–water partition coefficient (Wildman–Crippen LogP) is 5.77. The third-order valence-corrected chi connectivity index (χ3v) is 4.14. The molecule has 0 saturated carbocycles. The molecule has 0 aliphatic carbocycles. The predicted molar refractivity (Wildman–Crippen MR) is 106 cm³/mol. The molecule has 0 bridgehead atoms. The van der Waals surface area contributed by atoms with E-state index in [4.69, 9.17) is 27.9 Å². The lowest BCUT2D eigenvalue weighted by molar-refractivity contribution is -0.116. The van der Waals surface area contributed by atoms with Gasteiger partial charge in [0.15, 0.2) is 12.4 Å². The quantitative estimate of drug-likeness (QED) is 0.434. The van der Waals surface area contributed by atoms with Crippen molar-refractivity contribution < 1.29 is 14.3 Å². The number of carbonyl (C=O) groups is 2. The number of Topliss-reactive ketones (excluding diaryl/α,β-unsaturated/α-hetero) is 1. The summed E-state index contributed by atoms with van der Waals surface area (Å²) in [6.45, 7) is 1.97. The van der Waals surface area contributed by atoms with Crippen LogP contribution in [0.2, 0.25) is 10.0 Å². The van der Waals surface area contributed by atoms with Gasteiger partial charge in [0.2, 0.25) is 5.91 Å². The second kappa shape index (κ2) is 10.2. The van der Waals surface area contributed by atoms with Gasteiger partial charge in [-0.1, -0.05) is 43.0 Å². The summed E-state index contributed by atoms with van der Waals surface area (Å²) in [5, 5.41) is 3.71. The number of rotatable bonds is 9. The van der Waals surface area contributed by atoms with Crippen LogP contribution >= 0.6 is 23.2 Å². The van der Waals surface area contributed by atoms with Gasteiger partial charge < -0.3 is 10.1 Å². The maximum Gasteiger partial charge on any atom is 0.224 e. The first kappa shape index (κ1) is 20.3. The number of halogens is 2. The van der Waals surface area contributed by atoms with E-state index in [2.05, 4.69) is 12.2 Å². The van der Waals surface area contributed by atoms with Crippen LogP contribution in [0.4, 0.5) is 5.69 Å². The van der Waals surface area contributed by atoms with Crippen molar-refractivity contribution in [2.24, 2.45) is 0 Å². The summed E-state index contributed by atoms with van der Waals surface area (Å²) in [6, 6.07) is 11.5. The fraction of sp³-hybridized carbons (Fsp3) is 0.300. The number of ether oxygens (including phenoxy) is 1. The SMILES string of the molecule is CCCCCC(=O)Nc1ccc(C(=O)COc2cc(Cl)cc(Cl)c2)cc1. The van der Waals surface area contributed by atoms with Crippen LogP contribution in [0.15, 0.2) is 42.5 Å². The summed E-state index contributed by atoms with van der Waals surface area (Å²) in [4.78, 5) is 24.0. The van der Waals surface area contributed by atoms with E-state index in [-0.39, 0.29) is 18.3 Å². The topological polar surface area (TPSA) is 55.4 Å². The Labute approximate surface area is 163 Å². The number of ketones is 1. The molecule has 1 N–H and O–H groups in total. The number of anilines is 1. The summed E-state index contributed by atoms with van der Waals surface area (Å²) in [5.41, 5.74) is 1.17. The van der Waals surface area contributed by atoms with Crippen LogP contribution in [0.3, 0.4) is 0 Å². The van der Waals surface area contributed by atoms with E-state index >= 15 is 0 Å². The Morgan fingerprint density at radius 3 is 2.27 bits per heavy atom. The Hall–Kier alpha value is -2.04. The van der Waals surface area contributed by atoms with Gasteiger partial charge in [-0.15, -0.1) is 0 Å². The molecule has 26 heavy (non-hydrogen) atoms. The molecule has 0 aromatic heterocycles. The molecule has 0 fully saturated rings. The van der Waals surface area contributed by atoms with Gasteiger partial charge in [0.05, 0.1) is 0 Å². The number of benzene rings is 2. The fourth-order valence-corrected chi connectivity index (χ4v) is 2.85. The lowest BCUT2D eigenvalue weighted by atomic mass is 10.1. The molecule has 0 atom stereocenters. The first-order valence-electron chi connectivity index (χ1n) is 8.50. The molecule has 6 heteroatoms. The Morgan fingerprint density at radius 2 is 1.65 bits per heavy atom. The molecule has 0 aliphatic rings. The molecule has 138 valence electrons. The van der Waals surface area contributed by atoms with Crippen molar-refractivity contribution in [3.8, 4) is 5.75 Å². The summed E-state index contributed by atoms with van der Waals surface area (Å²) in [6.07, 6.45) is 3.50. The number of nitrogens with one attached hydrogen (secondary N) is 1. The molecule has 0 saturated heterocycles. The third-order valence-electron chi connectivity index (χ3n) is 3.70. The van der Waals surface area contributed by atoms with E-state index in [0.717, 1.165) is 19.3 Å². The van der Waals surface area contributed by atoms with E-state index in [0.29, 0.717) is 33.5 Å². The van der Waals surface area contributed by atoms with Crippen molar-refractivity contribution in [1.29, 1.82) is 0 Å². The molecule has 0 unspecified atom stereocenters. The summed E-state index contributed by atoms with van der Waals surface area (Å²) < 4.78 is 5.45. The molecule has 0 heterocycles. The van der Waals surface area contributed by atoms with E-state index in [1.165, 1.54) is 0 Å². The zero-order chi connectivity index (χ0) is 18.9. The fourth-order valence-electron chi connectivity index (χ4n) is 2.34.